The number of esters is 1. The Morgan fingerprint density at radius 1 is 1.00 bits per heavy atom. The van der Waals surface area contributed by atoms with E-state index in [9.17, 15) is 9.59 Å². The number of primary amides is 1. The monoisotopic (exact) mass is 329 g/mol. The Labute approximate surface area is 140 Å². The molecule has 0 heterocycles. The first-order valence-electron chi connectivity index (χ1n) is 7.40. The Bertz CT molecular complexity index is 670. The van der Waals surface area contributed by atoms with Crippen LogP contribution in [0.1, 0.15) is 18.1 Å². The lowest BCUT2D eigenvalue weighted by atomic mass is 10.1. The molecule has 0 aliphatic rings. The van der Waals surface area contributed by atoms with Crippen molar-refractivity contribution in [1.82, 2.24) is 0 Å². The zero-order valence-electron chi connectivity index (χ0n) is 13.3. The molecule has 6 heteroatoms. The highest BCUT2D eigenvalue weighted by molar-refractivity contribution is 5.83. The third-order valence-corrected chi connectivity index (χ3v) is 3.24. The van der Waals surface area contributed by atoms with E-state index in [1.165, 1.54) is 0 Å². The third kappa shape index (κ3) is 5.01. The van der Waals surface area contributed by atoms with E-state index in [1.807, 2.05) is 0 Å². The maximum Gasteiger partial charge on any atom is 0.310 e. The molecular weight excluding hydrogens is 310 g/mol. The predicted molar refractivity (Wildman–Crippen MR) is 87.6 cm³/mol. The van der Waals surface area contributed by atoms with Crippen LogP contribution in [0.25, 0.3) is 0 Å². The molecule has 0 fully saturated rings. The number of rotatable bonds is 8. The van der Waals surface area contributed by atoms with Gasteiger partial charge in [0.15, 0.2) is 0 Å². The molecule has 1 unspecified atom stereocenters. The maximum atomic E-state index is 11.9. The fraction of sp³-hybridized carbons (Fsp3) is 0.222. The van der Waals surface area contributed by atoms with Crippen LogP contribution < -0.4 is 15.2 Å². The summed E-state index contributed by atoms with van der Waals surface area (Å²) < 4.78 is 15.7. The summed E-state index contributed by atoms with van der Waals surface area (Å²) in [6.07, 6.45) is -1.09. The van der Waals surface area contributed by atoms with Gasteiger partial charge in [0.2, 0.25) is 6.10 Å². The fourth-order valence-corrected chi connectivity index (χ4v) is 2.03. The zero-order valence-corrected chi connectivity index (χ0v) is 13.3. The average molecular weight is 329 g/mol. The van der Waals surface area contributed by atoms with Crippen molar-refractivity contribution in [2.24, 2.45) is 5.73 Å². The number of carbonyl (C=O) groups is 2. The Kier molecular flexibility index (Phi) is 6.19. The van der Waals surface area contributed by atoms with Gasteiger partial charge in [-0.2, -0.15) is 0 Å². The standard InChI is InChI=1S/C18H19NO5/c1-22-14-7-9-15(10-8-14)23-12-11-16(20)24-17(18(19)21)13-5-3-2-4-6-13/h2-10,17H,11-12H2,1H3,(H2,19,21). The van der Waals surface area contributed by atoms with Crippen molar-refractivity contribution >= 4 is 11.9 Å². The van der Waals surface area contributed by atoms with E-state index in [0.717, 1.165) is 0 Å². The number of methoxy groups -OCH3 is 1. The molecule has 0 spiro atoms. The molecular formula is C18H19NO5. The second-order valence-electron chi connectivity index (χ2n) is 4.96. The summed E-state index contributed by atoms with van der Waals surface area (Å²) in [5.74, 6) is 0.0498. The molecule has 126 valence electrons. The molecule has 2 aromatic carbocycles. The van der Waals surface area contributed by atoms with Gasteiger partial charge in [-0.25, -0.2) is 0 Å². The average Bonchev–Trinajstić information content (AvgIpc) is 2.61. The van der Waals surface area contributed by atoms with E-state index >= 15 is 0 Å². The van der Waals surface area contributed by atoms with Crippen molar-refractivity contribution in [3.8, 4) is 11.5 Å². The quantitative estimate of drug-likeness (QED) is 0.750. The first-order valence-corrected chi connectivity index (χ1v) is 7.40. The minimum atomic E-state index is -1.10. The third-order valence-electron chi connectivity index (χ3n) is 3.24. The molecule has 2 N–H and O–H groups in total. The number of hydrogen-bond donors (Lipinski definition) is 1. The van der Waals surface area contributed by atoms with Crippen molar-refractivity contribution in [2.45, 2.75) is 12.5 Å². The lowest BCUT2D eigenvalue weighted by molar-refractivity contribution is -0.155. The number of amides is 1. The van der Waals surface area contributed by atoms with Gasteiger partial charge in [-0.1, -0.05) is 30.3 Å². The molecule has 0 saturated heterocycles. The topological polar surface area (TPSA) is 87.8 Å². The summed E-state index contributed by atoms with van der Waals surface area (Å²) in [5, 5.41) is 0. The minimum Gasteiger partial charge on any atom is -0.497 e. The summed E-state index contributed by atoms with van der Waals surface area (Å²) >= 11 is 0. The molecule has 2 aromatic rings. The van der Waals surface area contributed by atoms with Crippen LogP contribution >= 0.6 is 0 Å². The highest BCUT2D eigenvalue weighted by Gasteiger charge is 2.22. The van der Waals surface area contributed by atoms with E-state index in [1.54, 1.807) is 61.7 Å². The van der Waals surface area contributed by atoms with Gasteiger partial charge in [0.1, 0.15) is 11.5 Å². The smallest absolute Gasteiger partial charge is 0.310 e. The van der Waals surface area contributed by atoms with Crippen LogP contribution in [0.2, 0.25) is 0 Å². The van der Waals surface area contributed by atoms with E-state index in [0.29, 0.717) is 17.1 Å². The highest BCUT2D eigenvalue weighted by atomic mass is 16.6. The molecule has 2 rings (SSSR count). The Hall–Kier alpha value is -3.02. The molecule has 24 heavy (non-hydrogen) atoms. The van der Waals surface area contributed by atoms with Gasteiger partial charge in [-0.05, 0) is 24.3 Å². The van der Waals surface area contributed by atoms with E-state index in [-0.39, 0.29) is 13.0 Å². The van der Waals surface area contributed by atoms with E-state index < -0.39 is 18.0 Å². The fourth-order valence-electron chi connectivity index (χ4n) is 2.03. The molecule has 6 nitrogen and oxygen atoms in total. The second kappa shape index (κ2) is 8.57. The van der Waals surface area contributed by atoms with Crippen LogP contribution in [-0.4, -0.2) is 25.6 Å². The van der Waals surface area contributed by atoms with Crippen LogP contribution in [0.4, 0.5) is 0 Å². The van der Waals surface area contributed by atoms with Crippen LogP contribution in [0.15, 0.2) is 54.6 Å². The first kappa shape index (κ1) is 17.3. The van der Waals surface area contributed by atoms with Crippen LogP contribution in [0, 0.1) is 0 Å². The van der Waals surface area contributed by atoms with Gasteiger partial charge in [0.05, 0.1) is 20.1 Å². The highest BCUT2D eigenvalue weighted by Crippen LogP contribution is 2.19. The molecule has 0 saturated carbocycles. The van der Waals surface area contributed by atoms with Crippen molar-refractivity contribution < 1.29 is 23.8 Å². The normalized spacial score (nSPS) is 11.4. The summed E-state index contributed by atoms with van der Waals surface area (Å²) in [4.78, 5) is 23.4. The van der Waals surface area contributed by atoms with Gasteiger partial charge in [0.25, 0.3) is 5.91 Å². The van der Waals surface area contributed by atoms with Crippen molar-refractivity contribution in [3.63, 3.8) is 0 Å². The van der Waals surface area contributed by atoms with E-state index in [2.05, 4.69) is 0 Å². The van der Waals surface area contributed by atoms with Crippen molar-refractivity contribution in [1.29, 1.82) is 0 Å². The predicted octanol–water partition coefficient (Wildman–Crippen LogP) is 2.23. The van der Waals surface area contributed by atoms with Crippen LogP contribution in [-0.2, 0) is 14.3 Å². The van der Waals surface area contributed by atoms with Crippen LogP contribution in [0.3, 0.4) is 0 Å². The number of hydrogen-bond acceptors (Lipinski definition) is 5. The van der Waals surface area contributed by atoms with Gasteiger partial charge >= 0.3 is 5.97 Å². The number of benzene rings is 2. The van der Waals surface area contributed by atoms with Gasteiger partial charge in [-0.3, -0.25) is 9.59 Å². The number of carbonyl (C=O) groups excluding carboxylic acids is 2. The largest absolute Gasteiger partial charge is 0.497 e. The molecule has 0 aliphatic heterocycles. The lowest BCUT2D eigenvalue weighted by Gasteiger charge is -2.15. The zero-order chi connectivity index (χ0) is 17.4. The van der Waals surface area contributed by atoms with E-state index in [4.69, 9.17) is 19.9 Å². The molecule has 1 amide bonds. The van der Waals surface area contributed by atoms with Crippen molar-refractivity contribution in [2.75, 3.05) is 13.7 Å². The van der Waals surface area contributed by atoms with Crippen LogP contribution in [0.5, 0.6) is 11.5 Å². The Balaban J connectivity index is 1.84. The van der Waals surface area contributed by atoms with Gasteiger partial charge in [0, 0.05) is 5.56 Å². The Morgan fingerprint density at radius 2 is 1.62 bits per heavy atom. The number of ether oxygens (including phenoxy) is 3. The molecule has 0 aliphatic carbocycles. The minimum absolute atomic E-state index is 0.00262. The first-order chi connectivity index (χ1) is 11.6. The molecule has 1 atom stereocenters. The van der Waals surface area contributed by atoms with Gasteiger partial charge in [-0.15, -0.1) is 0 Å². The second-order valence-corrected chi connectivity index (χ2v) is 4.96. The molecule has 0 radical (unpaired) electrons. The number of nitrogens with two attached hydrogens (primary N) is 1. The van der Waals surface area contributed by atoms with Gasteiger partial charge < -0.3 is 19.9 Å². The van der Waals surface area contributed by atoms with Crippen molar-refractivity contribution in [3.05, 3.63) is 60.2 Å². The molecule has 0 bridgehead atoms. The SMILES string of the molecule is COc1ccc(OCCC(=O)OC(C(N)=O)c2ccccc2)cc1. The lowest BCUT2D eigenvalue weighted by Crippen LogP contribution is -2.26. The summed E-state index contributed by atoms with van der Waals surface area (Å²) in [7, 11) is 1.58. The molecule has 0 aromatic heterocycles. The summed E-state index contributed by atoms with van der Waals surface area (Å²) in [6, 6.07) is 15.6. The summed E-state index contributed by atoms with van der Waals surface area (Å²) in [6.45, 7) is 0.130. The maximum absolute atomic E-state index is 11.9. The Morgan fingerprint density at radius 3 is 2.21 bits per heavy atom. The summed E-state index contributed by atoms with van der Waals surface area (Å²) in [5.41, 5.74) is 5.84.